The van der Waals surface area contributed by atoms with Crippen LogP contribution in [0.15, 0.2) is 59.2 Å². The van der Waals surface area contributed by atoms with Crippen molar-refractivity contribution in [3.05, 3.63) is 70.9 Å². The van der Waals surface area contributed by atoms with Gasteiger partial charge >= 0.3 is 0 Å². The molecule has 4 heteroatoms. The second-order valence-corrected chi connectivity index (χ2v) is 5.09. The van der Waals surface area contributed by atoms with Gasteiger partial charge in [0.25, 0.3) is 5.91 Å². The second kappa shape index (κ2) is 5.85. The standard InChI is InChI=1S/C18H16N2O2/c1-12-4-3-5-13(10-12)11-16-18(21)20-17(19-16)14-6-8-15(22-2)9-7-14/h3-11H,1-2H3,(H,19,20,21)/b16-11+. The van der Waals surface area contributed by atoms with Gasteiger partial charge in [-0.3, -0.25) is 4.79 Å². The van der Waals surface area contributed by atoms with E-state index in [1.165, 1.54) is 0 Å². The third kappa shape index (κ3) is 2.91. The molecule has 0 bridgehead atoms. The molecular formula is C18H16N2O2. The maximum absolute atomic E-state index is 12.1. The van der Waals surface area contributed by atoms with Crippen molar-refractivity contribution >= 4 is 17.8 Å². The van der Waals surface area contributed by atoms with E-state index in [1.807, 2.05) is 55.5 Å². The Kier molecular flexibility index (Phi) is 3.74. The van der Waals surface area contributed by atoms with Gasteiger partial charge in [-0.25, -0.2) is 4.99 Å². The monoisotopic (exact) mass is 292 g/mol. The fraction of sp³-hybridized carbons (Fsp3) is 0.111. The van der Waals surface area contributed by atoms with Crippen LogP contribution in [0.5, 0.6) is 5.75 Å². The summed E-state index contributed by atoms with van der Waals surface area (Å²) in [5.41, 5.74) is 3.37. The van der Waals surface area contributed by atoms with Gasteiger partial charge in [0.15, 0.2) is 0 Å². The molecule has 0 unspecified atom stereocenters. The SMILES string of the molecule is COc1ccc(C2=N/C(=C/c3cccc(C)c3)C(=O)N2)cc1. The average molecular weight is 292 g/mol. The van der Waals surface area contributed by atoms with Gasteiger partial charge in [-0.1, -0.05) is 29.8 Å². The van der Waals surface area contributed by atoms with Crippen LogP contribution in [0, 0.1) is 6.92 Å². The quantitative estimate of drug-likeness (QED) is 0.884. The maximum Gasteiger partial charge on any atom is 0.275 e. The van der Waals surface area contributed by atoms with Crippen molar-refractivity contribution in [2.75, 3.05) is 7.11 Å². The topological polar surface area (TPSA) is 50.7 Å². The minimum atomic E-state index is -0.188. The van der Waals surface area contributed by atoms with Gasteiger partial charge in [0.2, 0.25) is 0 Å². The highest BCUT2D eigenvalue weighted by molar-refractivity contribution is 6.19. The number of hydrogen-bond donors (Lipinski definition) is 1. The molecule has 1 aliphatic rings. The molecule has 2 aromatic carbocycles. The van der Waals surface area contributed by atoms with Gasteiger partial charge in [-0.2, -0.15) is 0 Å². The molecular weight excluding hydrogens is 276 g/mol. The summed E-state index contributed by atoms with van der Waals surface area (Å²) in [6.45, 7) is 2.02. The zero-order valence-electron chi connectivity index (χ0n) is 12.5. The van der Waals surface area contributed by atoms with Crippen molar-refractivity contribution in [1.29, 1.82) is 0 Å². The summed E-state index contributed by atoms with van der Waals surface area (Å²) in [4.78, 5) is 16.4. The van der Waals surface area contributed by atoms with E-state index < -0.39 is 0 Å². The van der Waals surface area contributed by atoms with Crippen LogP contribution in [0.25, 0.3) is 6.08 Å². The molecule has 22 heavy (non-hydrogen) atoms. The fourth-order valence-electron chi connectivity index (χ4n) is 2.27. The summed E-state index contributed by atoms with van der Waals surface area (Å²) in [5.74, 6) is 1.14. The van der Waals surface area contributed by atoms with Crippen molar-refractivity contribution in [2.24, 2.45) is 4.99 Å². The molecule has 2 aromatic rings. The number of aryl methyl sites for hydroxylation is 1. The van der Waals surface area contributed by atoms with E-state index >= 15 is 0 Å². The first-order valence-corrected chi connectivity index (χ1v) is 6.98. The molecule has 0 atom stereocenters. The number of methoxy groups -OCH3 is 1. The number of carbonyl (C=O) groups is 1. The lowest BCUT2D eigenvalue weighted by Gasteiger charge is -2.02. The Morgan fingerprint density at radius 2 is 1.91 bits per heavy atom. The van der Waals surface area contributed by atoms with Gasteiger partial charge in [0.05, 0.1) is 7.11 Å². The number of nitrogens with zero attached hydrogens (tertiary/aromatic N) is 1. The Morgan fingerprint density at radius 3 is 2.59 bits per heavy atom. The lowest BCUT2D eigenvalue weighted by Crippen LogP contribution is -2.24. The van der Waals surface area contributed by atoms with E-state index in [-0.39, 0.29) is 5.91 Å². The molecule has 3 rings (SSSR count). The summed E-state index contributed by atoms with van der Waals surface area (Å²) in [6.07, 6.45) is 1.79. The molecule has 0 saturated heterocycles. The highest BCUT2D eigenvalue weighted by Gasteiger charge is 2.20. The lowest BCUT2D eigenvalue weighted by molar-refractivity contribution is -0.115. The average Bonchev–Trinajstić information content (AvgIpc) is 2.88. The molecule has 0 spiro atoms. The number of carbonyl (C=O) groups excluding carboxylic acids is 1. The molecule has 0 saturated carbocycles. The van der Waals surface area contributed by atoms with Crippen LogP contribution in [-0.2, 0) is 4.79 Å². The number of amides is 1. The Bertz CT molecular complexity index is 774. The van der Waals surface area contributed by atoms with Crippen LogP contribution in [0.1, 0.15) is 16.7 Å². The smallest absolute Gasteiger partial charge is 0.275 e. The molecule has 0 radical (unpaired) electrons. The summed E-state index contributed by atoms with van der Waals surface area (Å²) in [7, 11) is 1.62. The van der Waals surface area contributed by atoms with Crippen molar-refractivity contribution in [1.82, 2.24) is 5.32 Å². The third-order valence-electron chi connectivity index (χ3n) is 3.41. The van der Waals surface area contributed by atoms with Gasteiger partial charge in [-0.05, 0) is 42.8 Å². The number of hydrogen-bond acceptors (Lipinski definition) is 3. The van der Waals surface area contributed by atoms with E-state index in [2.05, 4.69) is 10.3 Å². The normalized spacial score (nSPS) is 15.6. The summed E-state index contributed by atoms with van der Waals surface area (Å²) in [5, 5.41) is 2.79. The highest BCUT2D eigenvalue weighted by Crippen LogP contribution is 2.17. The maximum atomic E-state index is 12.1. The predicted molar refractivity (Wildman–Crippen MR) is 86.8 cm³/mol. The van der Waals surface area contributed by atoms with Gasteiger partial charge in [0, 0.05) is 5.56 Å². The van der Waals surface area contributed by atoms with Crippen LogP contribution in [0.4, 0.5) is 0 Å². The molecule has 110 valence electrons. The zero-order chi connectivity index (χ0) is 15.5. The van der Waals surface area contributed by atoms with Crippen molar-refractivity contribution in [2.45, 2.75) is 6.92 Å². The van der Waals surface area contributed by atoms with Crippen molar-refractivity contribution in [3.8, 4) is 5.75 Å². The van der Waals surface area contributed by atoms with E-state index in [0.29, 0.717) is 11.5 Å². The number of nitrogens with one attached hydrogen (secondary N) is 1. The largest absolute Gasteiger partial charge is 0.497 e. The Morgan fingerprint density at radius 1 is 1.14 bits per heavy atom. The summed E-state index contributed by atoms with van der Waals surface area (Å²) in [6, 6.07) is 15.4. The number of amidine groups is 1. The molecule has 0 aliphatic carbocycles. The van der Waals surface area contributed by atoms with Crippen LogP contribution in [0.3, 0.4) is 0 Å². The van der Waals surface area contributed by atoms with Crippen LogP contribution < -0.4 is 10.1 Å². The van der Waals surface area contributed by atoms with Gasteiger partial charge in [-0.15, -0.1) is 0 Å². The fourth-order valence-corrected chi connectivity index (χ4v) is 2.27. The zero-order valence-corrected chi connectivity index (χ0v) is 12.5. The first kappa shape index (κ1) is 14.1. The molecule has 1 amide bonds. The second-order valence-electron chi connectivity index (χ2n) is 5.09. The number of rotatable bonds is 3. The number of aliphatic imine (C=N–C) groups is 1. The third-order valence-corrected chi connectivity index (χ3v) is 3.41. The number of benzene rings is 2. The van der Waals surface area contributed by atoms with Crippen molar-refractivity contribution < 1.29 is 9.53 Å². The van der Waals surface area contributed by atoms with E-state index in [4.69, 9.17) is 4.74 Å². The lowest BCUT2D eigenvalue weighted by atomic mass is 10.1. The molecule has 1 aliphatic heterocycles. The minimum Gasteiger partial charge on any atom is -0.497 e. The first-order valence-electron chi connectivity index (χ1n) is 6.98. The molecule has 4 nitrogen and oxygen atoms in total. The Balaban J connectivity index is 1.90. The van der Waals surface area contributed by atoms with Crippen LogP contribution in [-0.4, -0.2) is 18.9 Å². The van der Waals surface area contributed by atoms with Gasteiger partial charge < -0.3 is 10.1 Å². The first-order chi connectivity index (χ1) is 10.7. The summed E-state index contributed by atoms with van der Waals surface area (Å²) < 4.78 is 5.13. The van der Waals surface area contributed by atoms with Crippen LogP contribution in [0.2, 0.25) is 0 Å². The molecule has 0 aromatic heterocycles. The highest BCUT2D eigenvalue weighted by atomic mass is 16.5. The van der Waals surface area contributed by atoms with Crippen molar-refractivity contribution in [3.63, 3.8) is 0 Å². The van der Waals surface area contributed by atoms with Crippen LogP contribution >= 0.6 is 0 Å². The van der Waals surface area contributed by atoms with E-state index in [9.17, 15) is 4.79 Å². The van der Waals surface area contributed by atoms with Gasteiger partial charge in [0.1, 0.15) is 17.3 Å². The molecule has 1 heterocycles. The Hall–Kier alpha value is -2.88. The van der Waals surface area contributed by atoms with E-state index in [1.54, 1.807) is 13.2 Å². The van der Waals surface area contributed by atoms with E-state index in [0.717, 1.165) is 22.4 Å². The molecule has 1 N–H and O–H groups in total. The predicted octanol–water partition coefficient (Wildman–Crippen LogP) is 2.92. The Labute approximate surface area is 129 Å². The number of ether oxygens (including phenoxy) is 1. The minimum absolute atomic E-state index is 0.188. The summed E-state index contributed by atoms with van der Waals surface area (Å²) >= 11 is 0. The molecule has 0 fully saturated rings.